The number of hydrogen-bond donors (Lipinski definition) is 3. The summed E-state index contributed by atoms with van der Waals surface area (Å²) in [5, 5.41) is 11.9. The number of hydrogen-bond acceptors (Lipinski definition) is 5. The third-order valence-corrected chi connectivity index (χ3v) is 4.04. The van der Waals surface area contributed by atoms with Crippen molar-refractivity contribution in [2.75, 3.05) is 32.7 Å². The van der Waals surface area contributed by atoms with Crippen molar-refractivity contribution in [3.05, 3.63) is 16.1 Å². The van der Waals surface area contributed by atoms with Gasteiger partial charge in [-0.05, 0) is 13.8 Å². The van der Waals surface area contributed by atoms with Crippen LogP contribution in [0.25, 0.3) is 0 Å². The van der Waals surface area contributed by atoms with Gasteiger partial charge in [-0.2, -0.15) is 0 Å². The van der Waals surface area contributed by atoms with Gasteiger partial charge in [-0.3, -0.25) is 14.7 Å². The van der Waals surface area contributed by atoms with Crippen molar-refractivity contribution >= 4 is 53.2 Å². The molecular weight excluding hydrogens is 443 g/mol. The van der Waals surface area contributed by atoms with E-state index < -0.39 is 0 Å². The van der Waals surface area contributed by atoms with Crippen molar-refractivity contribution in [2.45, 2.75) is 20.3 Å². The molecule has 3 N–H and O–H groups in total. The van der Waals surface area contributed by atoms with Crippen LogP contribution in [0.1, 0.15) is 17.6 Å². The highest BCUT2D eigenvalue weighted by molar-refractivity contribution is 14.0. The molecule has 1 aromatic rings. The summed E-state index contributed by atoms with van der Waals surface area (Å²) in [6.07, 6.45) is 0.786. The van der Waals surface area contributed by atoms with Crippen molar-refractivity contribution in [3.63, 3.8) is 0 Å². The van der Waals surface area contributed by atoms with Gasteiger partial charge in [0.05, 0.1) is 17.2 Å². The minimum atomic E-state index is -0.336. The van der Waals surface area contributed by atoms with Gasteiger partial charge in [0.2, 0.25) is 5.91 Å². The Labute approximate surface area is 162 Å². The Balaban J connectivity index is 0.00000288. The highest BCUT2D eigenvalue weighted by Crippen LogP contribution is 2.08. The minimum absolute atomic E-state index is 0. The first kappa shape index (κ1) is 20.6. The number of nitrogens with zero attached hydrogens (tertiary/aromatic N) is 3. The number of carbonyl (C=O) groups excluding carboxylic acids is 2. The fraction of sp³-hybridized carbons (Fsp3) is 0.571. The van der Waals surface area contributed by atoms with Gasteiger partial charge in [-0.15, -0.1) is 35.3 Å². The number of halogens is 1. The van der Waals surface area contributed by atoms with Crippen molar-refractivity contribution in [1.82, 2.24) is 25.8 Å². The van der Waals surface area contributed by atoms with Gasteiger partial charge in [0.15, 0.2) is 5.96 Å². The van der Waals surface area contributed by atoms with Gasteiger partial charge in [0.1, 0.15) is 0 Å². The van der Waals surface area contributed by atoms with E-state index in [9.17, 15) is 9.59 Å². The second-order valence-electron chi connectivity index (χ2n) is 5.00. The second-order valence-corrected chi connectivity index (χ2v) is 6.06. The lowest BCUT2D eigenvalue weighted by molar-refractivity contribution is -0.124. The monoisotopic (exact) mass is 466 g/mol. The Kier molecular flexibility index (Phi) is 8.97. The number of carbonyl (C=O) groups is 2. The van der Waals surface area contributed by atoms with Crippen LogP contribution in [0.5, 0.6) is 0 Å². The first-order chi connectivity index (χ1) is 11.1. The molecule has 0 spiro atoms. The fourth-order valence-corrected chi connectivity index (χ4v) is 2.76. The summed E-state index contributed by atoms with van der Waals surface area (Å²) < 4.78 is 0. The summed E-state index contributed by atoms with van der Waals surface area (Å²) >= 11 is 1.64. The van der Waals surface area contributed by atoms with Crippen LogP contribution in [-0.4, -0.2) is 60.5 Å². The molecular formula is C14H23IN6O2S. The summed E-state index contributed by atoms with van der Waals surface area (Å²) in [5.41, 5.74) is 1.05. The lowest BCUT2D eigenvalue weighted by Gasteiger charge is -2.15. The molecule has 1 aliphatic heterocycles. The molecule has 24 heavy (non-hydrogen) atoms. The quantitative estimate of drug-likeness (QED) is 0.238. The Morgan fingerprint density at radius 2 is 2.25 bits per heavy atom. The van der Waals surface area contributed by atoms with E-state index in [1.165, 1.54) is 4.90 Å². The van der Waals surface area contributed by atoms with E-state index in [1.807, 2.05) is 19.2 Å². The van der Waals surface area contributed by atoms with E-state index in [1.54, 1.807) is 11.3 Å². The number of imide groups is 1. The van der Waals surface area contributed by atoms with Crippen LogP contribution in [0, 0.1) is 6.92 Å². The van der Waals surface area contributed by atoms with Gasteiger partial charge >= 0.3 is 6.03 Å². The molecule has 0 aliphatic carbocycles. The van der Waals surface area contributed by atoms with Gasteiger partial charge in [0, 0.05) is 38.0 Å². The van der Waals surface area contributed by atoms with E-state index in [4.69, 9.17) is 0 Å². The van der Waals surface area contributed by atoms with E-state index in [0.717, 1.165) is 23.7 Å². The van der Waals surface area contributed by atoms with Gasteiger partial charge in [0.25, 0.3) is 0 Å². The van der Waals surface area contributed by atoms with Crippen molar-refractivity contribution in [2.24, 2.45) is 4.99 Å². The van der Waals surface area contributed by atoms with Crippen LogP contribution < -0.4 is 16.0 Å². The van der Waals surface area contributed by atoms with Crippen molar-refractivity contribution < 1.29 is 9.59 Å². The summed E-state index contributed by atoms with van der Waals surface area (Å²) in [5.74, 6) is 0.476. The highest BCUT2D eigenvalue weighted by Gasteiger charge is 2.27. The predicted octanol–water partition coefficient (Wildman–Crippen LogP) is 0.719. The molecule has 0 radical (unpaired) electrons. The van der Waals surface area contributed by atoms with Gasteiger partial charge in [-0.25, -0.2) is 9.78 Å². The third kappa shape index (κ3) is 6.23. The van der Waals surface area contributed by atoms with Gasteiger partial charge in [-0.1, -0.05) is 0 Å². The molecule has 8 nitrogen and oxygen atoms in total. The first-order valence-electron chi connectivity index (χ1n) is 7.61. The fourth-order valence-electron chi connectivity index (χ4n) is 2.11. The summed E-state index contributed by atoms with van der Waals surface area (Å²) in [4.78, 5) is 33.0. The van der Waals surface area contributed by atoms with E-state index in [2.05, 4.69) is 25.9 Å². The molecule has 1 aromatic heterocycles. The maximum absolute atomic E-state index is 11.5. The topological polar surface area (TPSA) is 98.7 Å². The van der Waals surface area contributed by atoms with Crippen LogP contribution in [0.15, 0.2) is 10.4 Å². The molecule has 10 heteroatoms. The molecule has 0 saturated carbocycles. The van der Waals surface area contributed by atoms with Crippen molar-refractivity contribution in [3.8, 4) is 0 Å². The van der Waals surface area contributed by atoms with Crippen LogP contribution in [-0.2, 0) is 11.2 Å². The Bertz CT molecular complexity index is 576. The summed E-state index contributed by atoms with van der Waals surface area (Å²) in [7, 11) is 0. The zero-order valence-electron chi connectivity index (χ0n) is 13.8. The minimum Gasteiger partial charge on any atom is -0.357 e. The molecule has 1 saturated heterocycles. The predicted molar refractivity (Wildman–Crippen MR) is 105 cm³/mol. The molecule has 0 atom stereocenters. The number of guanidine groups is 1. The molecule has 134 valence electrons. The number of urea groups is 1. The largest absolute Gasteiger partial charge is 0.357 e. The van der Waals surface area contributed by atoms with Crippen LogP contribution in [0.3, 0.4) is 0 Å². The zero-order chi connectivity index (χ0) is 16.7. The Morgan fingerprint density at radius 3 is 2.83 bits per heavy atom. The van der Waals surface area contributed by atoms with E-state index >= 15 is 0 Å². The average Bonchev–Trinajstić information content (AvgIpc) is 3.07. The SMILES string of the molecule is CCNC(=NCCc1csc(C)n1)NCCN1C(=O)CNC1=O.I. The van der Waals surface area contributed by atoms with Crippen LogP contribution >= 0.6 is 35.3 Å². The third-order valence-electron chi connectivity index (χ3n) is 3.21. The number of aliphatic imine (C=N–C) groups is 1. The lowest BCUT2D eigenvalue weighted by Crippen LogP contribution is -2.43. The molecule has 0 aromatic carbocycles. The number of aromatic nitrogens is 1. The number of aryl methyl sites for hydroxylation is 1. The summed E-state index contributed by atoms with van der Waals surface area (Å²) in [6, 6.07) is -0.336. The molecule has 1 fully saturated rings. The molecule has 0 unspecified atom stereocenters. The number of nitrogens with one attached hydrogen (secondary N) is 3. The second kappa shape index (κ2) is 10.4. The zero-order valence-corrected chi connectivity index (χ0v) is 16.9. The van der Waals surface area contributed by atoms with E-state index in [-0.39, 0.29) is 42.5 Å². The molecule has 3 amide bonds. The maximum Gasteiger partial charge on any atom is 0.324 e. The normalized spacial score (nSPS) is 14.4. The van der Waals surface area contributed by atoms with Crippen LogP contribution in [0.4, 0.5) is 4.79 Å². The highest BCUT2D eigenvalue weighted by atomic mass is 127. The standard InChI is InChI=1S/C14H22N6O2S.HI/c1-3-15-13(16-5-4-11-9-23-10(2)19-11)17-6-7-20-12(21)8-18-14(20)22;/h9H,3-8H2,1-2H3,(H,18,22)(H2,15,16,17);1H. The number of rotatable bonds is 7. The molecule has 0 bridgehead atoms. The number of amides is 3. The average molecular weight is 466 g/mol. The molecule has 2 rings (SSSR count). The first-order valence-corrected chi connectivity index (χ1v) is 8.49. The van der Waals surface area contributed by atoms with Crippen molar-refractivity contribution in [1.29, 1.82) is 0 Å². The Morgan fingerprint density at radius 1 is 1.46 bits per heavy atom. The summed E-state index contributed by atoms with van der Waals surface area (Å²) in [6.45, 7) is 6.20. The maximum atomic E-state index is 11.5. The Hall–Kier alpha value is -1.43. The smallest absolute Gasteiger partial charge is 0.324 e. The molecule has 1 aliphatic rings. The molecule has 2 heterocycles. The lowest BCUT2D eigenvalue weighted by atomic mass is 10.3. The van der Waals surface area contributed by atoms with E-state index in [0.29, 0.717) is 25.6 Å². The number of thiazole rings is 1. The van der Waals surface area contributed by atoms with Gasteiger partial charge < -0.3 is 16.0 Å². The van der Waals surface area contributed by atoms with Crippen LogP contribution in [0.2, 0.25) is 0 Å².